The Labute approximate surface area is 312 Å². The number of hydrogen-bond donors (Lipinski definition) is 0. The van der Waals surface area contributed by atoms with Crippen molar-refractivity contribution >= 4 is 49.8 Å². The topological polar surface area (TPSA) is 16.8 Å². The van der Waals surface area contributed by atoms with Gasteiger partial charge in [-0.1, -0.05) is 123 Å². The second-order valence-electron chi connectivity index (χ2n) is 15.2. The van der Waals surface area contributed by atoms with Gasteiger partial charge in [-0.2, -0.15) is 0 Å². The quantitative estimate of drug-likeness (QED) is 0.132. The first-order valence-electron chi connectivity index (χ1n) is 19.4. The number of nitrogens with zero attached hydrogens (tertiary/aromatic N) is 2. The molecule has 1 unspecified atom stereocenters. The van der Waals surface area contributed by atoms with Crippen LogP contribution in [0, 0.1) is 6.57 Å². The third-order valence-corrected chi connectivity index (χ3v) is 12.7. The Balaban J connectivity index is 1.22. The van der Waals surface area contributed by atoms with E-state index in [-0.39, 0.29) is 5.41 Å². The maximum atomic E-state index is 7.85. The summed E-state index contributed by atoms with van der Waals surface area (Å²) in [5.41, 5.74) is 9.43. The molecule has 0 amide bonds. The first kappa shape index (κ1) is 31.9. The van der Waals surface area contributed by atoms with E-state index in [4.69, 9.17) is 11.3 Å². The second kappa shape index (κ2) is 12.1. The van der Waals surface area contributed by atoms with E-state index in [0.717, 1.165) is 53.8 Å². The number of anilines is 1. The number of fused-ring (bicyclic) bond motifs is 11. The van der Waals surface area contributed by atoms with Crippen LogP contribution >= 0.6 is 0 Å². The van der Waals surface area contributed by atoms with Gasteiger partial charge in [0.05, 0.1) is 6.57 Å². The summed E-state index contributed by atoms with van der Waals surface area (Å²) in [7, 11) is 0. The Morgan fingerprint density at radius 2 is 1.38 bits per heavy atom. The lowest BCUT2D eigenvalue weighted by atomic mass is 9.71. The molecule has 0 N–H and O–H groups in total. The van der Waals surface area contributed by atoms with Gasteiger partial charge in [-0.05, 0) is 106 Å². The number of ether oxygens (including phenoxy) is 1. The minimum absolute atomic E-state index is 0.229. The highest BCUT2D eigenvalue weighted by Gasteiger charge is 2.47. The molecule has 258 valence electrons. The fourth-order valence-electron chi connectivity index (χ4n) is 10.00. The molecule has 0 aromatic heterocycles. The molecule has 1 aliphatic carbocycles. The predicted molar refractivity (Wildman–Crippen MR) is 221 cm³/mol. The van der Waals surface area contributed by atoms with E-state index < -0.39 is 5.60 Å². The van der Waals surface area contributed by atoms with Crippen molar-refractivity contribution in [3.63, 3.8) is 0 Å². The van der Waals surface area contributed by atoms with Crippen molar-refractivity contribution in [1.29, 1.82) is 0 Å². The normalized spacial score (nSPS) is 18.4. The highest BCUT2D eigenvalue weighted by Crippen LogP contribution is 2.60. The maximum Gasteiger partial charge on any atom is 0.187 e. The minimum Gasteiger partial charge on any atom is -0.472 e. The number of benzene rings is 7. The van der Waals surface area contributed by atoms with Crippen LogP contribution in [0.1, 0.15) is 73.8 Å². The van der Waals surface area contributed by atoms with E-state index in [1.807, 2.05) is 6.07 Å². The van der Waals surface area contributed by atoms with Crippen molar-refractivity contribution < 1.29 is 4.74 Å². The Kier molecular flexibility index (Phi) is 7.28. The van der Waals surface area contributed by atoms with Crippen molar-refractivity contribution in [3.05, 3.63) is 167 Å². The molecule has 1 saturated heterocycles. The van der Waals surface area contributed by atoms with Crippen LogP contribution in [-0.4, -0.2) is 13.1 Å². The highest BCUT2D eigenvalue weighted by atomic mass is 16.5. The molecule has 10 rings (SSSR count). The van der Waals surface area contributed by atoms with Crippen LogP contribution in [0.15, 0.2) is 127 Å². The van der Waals surface area contributed by atoms with Gasteiger partial charge in [-0.3, -0.25) is 0 Å². The lowest BCUT2D eigenvalue weighted by Gasteiger charge is -2.39. The lowest BCUT2D eigenvalue weighted by Crippen LogP contribution is -2.35. The van der Waals surface area contributed by atoms with Gasteiger partial charge < -0.3 is 9.64 Å². The van der Waals surface area contributed by atoms with Crippen LogP contribution in [0.2, 0.25) is 0 Å². The van der Waals surface area contributed by atoms with Gasteiger partial charge in [-0.15, -0.1) is 0 Å². The Bertz CT molecular complexity index is 2670. The zero-order valence-electron chi connectivity index (χ0n) is 30.5. The Morgan fingerprint density at radius 1 is 0.679 bits per heavy atom. The van der Waals surface area contributed by atoms with Crippen LogP contribution < -0.4 is 9.64 Å². The summed E-state index contributed by atoms with van der Waals surface area (Å²) in [6.45, 7) is 14.7. The van der Waals surface area contributed by atoms with Crippen LogP contribution in [-0.2, 0) is 11.0 Å². The standard InChI is InChI=1S/C50H42N2O/c1-4-49(5-2)45-32-37(51-3)22-26-43(45)46-41-15-9-10-16-42(41)48-44(47(46)49)27-28-50(53-48,35-19-23-38(24-20-35)52-29-11-6-12-30-52)36-21-25-40-34(31-36)18-17-33-13-7-8-14-39(33)40/h7-10,13-28,31-32H,4-6,11-12,29-30H2,1-2H3. The molecule has 0 spiro atoms. The van der Waals surface area contributed by atoms with Crippen LogP contribution in [0.3, 0.4) is 0 Å². The highest BCUT2D eigenvalue weighted by molar-refractivity contribution is 6.09. The zero-order chi connectivity index (χ0) is 35.7. The van der Waals surface area contributed by atoms with Crippen molar-refractivity contribution in [2.45, 2.75) is 57.0 Å². The van der Waals surface area contributed by atoms with E-state index in [0.29, 0.717) is 5.69 Å². The van der Waals surface area contributed by atoms with E-state index in [9.17, 15) is 0 Å². The molecule has 1 atom stereocenters. The summed E-state index contributed by atoms with van der Waals surface area (Å²) in [6.07, 6.45) is 10.4. The zero-order valence-corrected chi connectivity index (χ0v) is 30.5. The lowest BCUT2D eigenvalue weighted by molar-refractivity contribution is 0.163. The number of rotatable bonds is 5. The average Bonchev–Trinajstić information content (AvgIpc) is 3.53. The molecule has 1 fully saturated rings. The fourth-order valence-corrected chi connectivity index (χ4v) is 10.00. The molecule has 3 nitrogen and oxygen atoms in total. The van der Waals surface area contributed by atoms with Gasteiger partial charge >= 0.3 is 0 Å². The summed E-state index contributed by atoms with van der Waals surface area (Å²) >= 11 is 0. The number of hydrogen-bond acceptors (Lipinski definition) is 2. The maximum absolute atomic E-state index is 7.85. The van der Waals surface area contributed by atoms with E-state index in [1.165, 1.54) is 74.1 Å². The fraction of sp³-hybridized carbons (Fsp3) is 0.220. The van der Waals surface area contributed by atoms with E-state index in [1.54, 1.807) is 0 Å². The third kappa shape index (κ3) is 4.58. The summed E-state index contributed by atoms with van der Waals surface area (Å²) in [4.78, 5) is 6.39. The third-order valence-electron chi connectivity index (χ3n) is 12.7. The van der Waals surface area contributed by atoms with Gasteiger partial charge in [-0.25, -0.2) is 4.85 Å². The molecule has 53 heavy (non-hydrogen) atoms. The van der Waals surface area contributed by atoms with Crippen LogP contribution in [0.5, 0.6) is 5.75 Å². The van der Waals surface area contributed by atoms with Crippen molar-refractivity contribution in [2.75, 3.05) is 18.0 Å². The molecule has 7 aromatic carbocycles. The second-order valence-corrected chi connectivity index (χ2v) is 15.2. The molecule has 3 aliphatic rings. The molecule has 0 bridgehead atoms. The van der Waals surface area contributed by atoms with Gasteiger partial charge in [0.15, 0.2) is 11.3 Å². The monoisotopic (exact) mass is 686 g/mol. The summed E-state index contributed by atoms with van der Waals surface area (Å²) in [6, 6.07) is 44.3. The predicted octanol–water partition coefficient (Wildman–Crippen LogP) is 13.1. The Hall–Kier alpha value is -5.85. The first-order valence-corrected chi connectivity index (χ1v) is 19.4. The largest absolute Gasteiger partial charge is 0.472 e. The molecule has 2 heterocycles. The molecular weight excluding hydrogens is 645 g/mol. The molecule has 3 heteroatoms. The van der Waals surface area contributed by atoms with Crippen LogP contribution in [0.4, 0.5) is 11.4 Å². The molecule has 2 aliphatic heterocycles. The minimum atomic E-state index is -0.853. The average molecular weight is 687 g/mol. The SMILES string of the molecule is [C-]#[N+]c1ccc2c(c1)C(CC)(CC)c1c3c(c4ccccc4c1-2)OC(c1ccc(N2CCCCC2)cc1)(c1ccc2c(ccc4ccccc42)c1)C=C3. The number of piperidine rings is 1. The van der Waals surface area contributed by atoms with Crippen molar-refractivity contribution in [2.24, 2.45) is 0 Å². The van der Waals surface area contributed by atoms with Crippen molar-refractivity contribution in [1.82, 2.24) is 0 Å². The van der Waals surface area contributed by atoms with Crippen LogP contribution in [0.25, 0.3) is 54.4 Å². The van der Waals surface area contributed by atoms with Gasteiger partial charge in [0.25, 0.3) is 0 Å². The molecular formula is C50H42N2O. The van der Waals surface area contributed by atoms with Gasteiger partial charge in [0.1, 0.15) is 5.75 Å². The molecule has 7 aromatic rings. The first-order chi connectivity index (χ1) is 26.1. The van der Waals surface area contributed by atoms with Gasteiger partial charge in [0.2, 0.25) is 0 Å². The Morgan fingerprint density at radius 3 is 2.15 bits per heavy atom. The molecule has 0 saturated carbocycles. The summed E-state index contributed by atoms with van der Waals surface area (Å²) in [5.74, 6) is 0.935. The van der Waals surface area contributed by atoms with Crippen molar-refractivity contribution in [3.8, 4) is 16.9 Å². The van der Waals surface area contributed by atoms with E-state index >= 15 is 0 Å². The van der Waals surface area contributed by atoms with E-state index in [2.05, 4.69) is 151 Å². The smallest absolute Gasteiger partial charge is 0.187 e. The molecule has 0 radical (unpaired) electrons. The van der Waals surface area contributed by atoms with Gasteiger partial charge in [0, 0.05) is 46.3 Å². The summed E-state index contributed by atoms with van der Waals surface area (Å²) < 4.78 is 7.73. The summed E-state index contributed by atoms with van der Waals surface area (Å²) in [5, 5.41) is 7.29.